The summed E-state index contributed by atoms with van der Waals surface area (Å²) in [7, 11) is 0.752. The highest BCUT2D eigenvalue weighted by molar-refractivity contribution is 8.27. The molecular weight excluding hydrogens is 345 g/mol. The molecule has 1 amide bonds. The Morgan fingerprint density at radius 2 is 2.25 bits per heavy atom. The predicted molar refractivity (Wildman–Crippen MR) is 96.6 cm³/mol. The minimum Gasteiger partial charge on any atom is -0.356 e. The fourth-order valence-corrected chi connectivity index (χ4v) is 8.33. The summed E-state index contributed by atoms with van der Waals surface area (Å²) in [6.07, 6.45) is 2.85. The van der Waals surface area contributed by atoms with Gasteiger partial charge in [-0.15, -0.1) is 0 Å². The van der Waals surface area contributed by atoms with E-state index in [9.17, 15) is 9.59 Å². The van der Waals surface area contributed by atoms with E-state index >= 15 is 0 Å². The zero-order valence-corrected chi connectivity index (χ0v) is 15.4. The van der Waals surface area contributed by atoms with E-state index in [2.05, 4.69) is 17.4 Å². The van der Waals surface area contributed by atoms with E-state index in [1.807, 2.05) is 18.2 Å². The van der Waals surface area contributed by atoms with Crippen molar-refractivity contribution in [3.8, 4) is 0 Å². The van der Waals surface area contributed by atoms with E-state index in [0.29, 0.717) is 13.0 Å². The molecule has 3 rings (SSSR count). The second-order valence-electron chi connectivity index (χ2n) is 6.04. The molecule has 5 nitrogen and oxygen atoms in total. The molecule has 1 aromatic carbocycles. The van der Waals surface area contributed by atoms with Crippen molar-refractivity contribution in [1.29, 1.82) is 0 Å². The molecule has 2 unspecified atom stereocenters. The molecule has 1 N–H and O–H groups in total. The van der Waals surface area contributed by atoms with Gasteiger partial charge in [0.25, 0.3) is 0 Å². The number of thioether (sulfide) groups is 1. The lowest BCUT2D eigenvalue weighted by molar-refractivity contribution is -0.243. The van der Waals surface area contributed by atoms with Gasteiger partial charge in [0.15, 0.2) is 5.79 Å². The quantitative estimate of drug-likeness (QED) is 0.618. The number of carbonyl (C=O) groups excluding carboxylic acids is 2. The Morgan fingerprint density at radius 1 is 1.46 bits per heavy atom. The Hall–Kier alpha value is -0.940. The van der Waals surface area contributed by atoms with Crippen LogP contribution < -0.4 is 5.32 Å². The maximum Gasteiger partial charge on any atom is 0.210 e. The van der Waals surface area contributed by atoms with Gasteiger partial charge < -0.3 is 14.8 Å². The Morgan fingerprint density at radius 3 is 2.96 bits per heavy atom. The lowest BCUT2D eigenvalue weighted by Crippen LogP contribution is -2.54. The highest BCUT2D eigenvalue weighted by atomic mass is 32.2. The number of hydrogen-bond acceptors (Lipinski definition) is 5. The molecule has 0 radical (unpaired) electrons. The lowest BCUT2D eigenvalue weighted by atomic mass is 9.97. The van der Waals surface area contributed by atoms with Crippen LogP contribution in [-0.2, 0) is 20.4 Å². The van der Waals surface area contributed by atoms with Gasteiger partial charge in [0.05, 0.1) is 12.3 Å². The molecule has 24 heavy (non-hydrogen) atoms. The van der Waals surface area contributed by atoms with Crippen LogP contribution in [0.3, 0.4) is 0 Å². The molecule has 0 saturated carbocycles. The molecule has 0 aliphatic carbocycles. The van der Waals surface area contributed by atoms with E-state index in [1.165, 1.54) is 17.3 Å². The fraction of sp³-hybridized carbons (Fsp3) is 0.529. The summed E-state index contributed by atoms with van der Waals surface area (Å²) >= 11 is 1.39. The van der Waals surface area contributed by atoms with E-state index in [4.69, 9.17) is 9.47 Å². The summed E-state index contributed by atoms with van der Waals surface area (Å²) in [5.74, 6) is -0.0579. The van der Waals surface area contributed by atoms with Crippen molar-refractivity contribution >= 4 is 30.9 Å². The van der Waals surface area contributed by atoms with Crippen LogP contribution in [0.5, 0.6) is 0 Å². The van der Waals surface area contributed by atoms with Crippen LogP contribution in [0, 0.1) is 0 Å². The van der Waals surface area contributed by atoms with Gasteiger partial charge in [-0.25, -0.2) is 0 Å². The fourth-order valence-electron chi connectivity index (χ4n) is 3.40. The van der Waals surface area contributed by atoms with Gasteiger partial charge in [0.1, 0.15) is 0 Å². The van der Waals surface area contributed by atoms with Gasteiger partial charge in [-0.3, -0.25) is 9.59 Å². The van der Waals surface area contributed by atoms with Gasteiger partial charge in [-0.05, 0) is 19.9 Å². The highest BCUT2D eigenvalue weighted by Crippen LogP contribution is 2.61. The largest absolute Gasteiger partial charge is 0.356 e. The first-order valence-electron chi connectivity index (χ1n) is 8.04. The van der Waals surface area contributed by atoms with Crippen molar-refractivity contribution in [2.45, 2.75) is 36.5 Å². The Labute approximate surface area is 147 Å². The number of benzene rings is 1. The van der Waals surface area contributed by atoms with Crippen molar-refractivity contribution in [3.05, 3.63) is 35.9 Å². The van der Waals surface area contributed by atoms with E-state index in [1.54, 1.807) is 7.11 Å². The molecule has 1 aromatic rings. The second kappa shape index (κ2) is 7.96. The Balaban J connectivity index is 1.81. The maximum atomic E-state index is 12.5. The normalized spacial score (nSPS) is 33.4. The summed E-state index contributed by atoms with van der Waals surface area (Å²) in [5.41, 5.74) is 1.22. The number of amides is 1. The van der Waals surface area contributed by atoms with E-state index in [-0.39, 0.29) is 16.6 Å². The average Bonchev–Trinajstić information content (AvgIpc) is 2.97. The zero-order chi connectivity index (χ0) is 17.0. The lowest BCUT2D eigenvalue weighted by Gasteiger charge is -2.44. The Bertz CT molecular complexity index is 587. The third-order valence-corrected chi connectivity index (χ3v) is 9.26. The zero-order valence-electron chi connectivity index (χ0n) is 13.6. The smallest absolute Gasteiger partial charge is 0.210 e. The summed E-state index contributed by atoms with van der Waals surface area (Å²) in [5, 5.41) is 2.85. The molecule has 0 bridgehead atoms. The summed E-state index contributed by atoms with van der Waals surface area (Å²) < 4.78 is 11.9. The molecule has 7 heteroatoms. The van der Waals surface area contributed by atoms with Gasteiger partial charge in [0.2, 0.25) is 11.3 Å². The van der Waals surface area contributed by atoms with Crippen molar-refractivity contribution in [1.82, 2.24) is 5.32 Å². The SMILES string of the molecule is CO[C@]1(C2CSC(=O)[P@]2Cc2ccccc2)CC(NC=O)CCO1. The molecule has 2 heterocycles. The summed E-state index contributed by atoms with van der Waals surface area (Å²) in [6.45, 7) is 0.531. The first kappa shape index (κ1) is 17.9. The van der Waals surface area contributed by atoms with Crippen molar-refractivity contribution in [2.24, 2.45) is 0 Å². The average molecular weight is 367 g/mol. The Kier molecular flexibility index (Phi) is 5.93. The van der Waals surface area contributed by atoms with Gasteiger partial charge >= 0.3 is 0 Å². The molecule has 0 aromatic heterocycles. The van der Waals surface area contributed by atoms with Crippen LogP contribution in [-0.4, -0.2) is 48.2 Å². The van der Waals surface area contributed by atoms with Crippen LogP contribution >= 0.6 is 19.7 Å². The minimum atomic E-state index is -0.894. The number of nitrogens with one attached hydrogen (secondary N) is 1. The highest BCUT2D eigenvalue weighted by Gasteiger charge is 2.52. The summed E-state index contributed by atoms with van der Waals surface area (Å²) in [4.78, 5) is 23.6. The van der Waals surface area contributed by atoms with Crippen molar-refractivity contribution in [2.75, 3.05) is 19.5 Å². The van der Waals surface area contributed by atoms with Gasteiger partial charge in [-0.1, -0.05) is 42.1 Å². The molecule has 130 valence electrons. The molecule has 4 atom stereocenters. The van der Waals surface area contributed by atoms with Gasteiger partial charge in [0, 0.05) is 31.5 Å². The first-order chi connectivity index (χ1) is 11.7. The van der Waals surface area contributed by atoms with Crippen molar-refractivity contribution in [3.63, 3.8) is 0 Å². The monoisotopic (exact) mass is 367 g/mol. The third kappa shape index (κ3) is 3.67. The van der Waals surface area contributed by atoms with Crippen LogP contribution in [0.2, 0.25) is 0 Å². The number of rotatable bonds is 6. The standard InChI is InChI=1S/C17H22NO4PS/c1-21-17(9-14(18-12-19)7-8-22-17)15-11-24-16(20)23(15)10-13-5-3-2-4-6-13/h2-6,12,14-15H,7-11H2,1H3,(H,18,19)/t14?,15?,17-,23-/m1/s1. The van der Waals surface area contributed by atoms with Crippen LogP contribution in [0.1, 0.15) is 18.4 Å². The number of methoxy groups -OCH3 is 1. The second-order valence-corrected chi connectivity index (χ2v) is 9.63. The number of ether oxygens (including phenoxy) is 2. The van der Waals surface area contributed by atoms with Crippen LogP contribution in [0.15, 0.2) is 30.3 Å². The predicted octanol–water partition coefficient (Wildman–Crippen LogP) is 3.17. The van der Waals surface area contributed by atoms with E-state index in [0.717, 1.165) is 24.7 Å². The molecule has 0 spiro atoms. The molecular formula is C17H22NO4PS. The molecule has 2 fully saturated rings. The summed E-state index contributed by atoms with van der Waals surface area (Å²) in [6, 6.07) is 10.1. The minimum absolute atomic E-state index is 0.0328. The van der Waals surface area contributed by atoms with Crippen molar-refractivity contribution < 1.29 is 19.1 Å². The number of hydrogen-bond donors (Lipinski definition) is 1. The third-order valence-electron chi connectivity index (χ3n) is 4.67. The van der Waals surface area contributed by atoms with Gasteiger partial charge in [-0.2, -0.15) is 0 Å². The van der Waals surface area contributed by atoms with Crippen LogP contribution in [0.25, 0.3) is 0 Å². The number of carbonyl (C=O) groups is 2. The molecule has 2 saturated heterocycles. The molecule has 2 aliphatic rings. The van der Waals surface area contributed by atoms with E-state index < -0.39 is 13.7 Å². The van der Waals surface area contributed by atoms with Crippen LogP contribution in [0.4, 0.5) is 4.79 Å². The maximum absolute atomic E-state index is 12.5. The topological polar surface area (TPSA) is 64.6 Å². The molecule has 2 aliphatic heterocycles. The first-order valence-corrected chi connectivity index (χ1v) is 10.6.